The van der Waals surface area contributed by atoms with E-state index in [9.17, 15) is 4.79 Å². The Bertz CT molecular complexity index is 608. The van der Waals surface area contributed by atoms with Gasteiger partial charge in [-0.15, -0.1) is 0 Å². The molecule has 0 heterocycles. The van der Waals surface area contributed by atoms with E-state index >= 15 is 0 Å². The average molecular weight is 318 g/mol. The summed E-state index contributed by atoms with van der Waals surface area (Å²) in [6.45, 7) is 4.06. The number of rotatable bonds is 6. The van der Waals surface area contributed by atoms with Crippen LogP contribution in [0.2, 0.25) is 5.02 Å². The van der Waals surface area contributed by atoms with Crippen LogP contribution >= 0.6 is 11.6 Å². The first-order chi connectivity index (χ1) is 10.6. The monoisotopic (exact) mass is 317 g/mol. The number of carbonyl (C=O) groups is 1. The van der Waals surface area contributed by atoms with Crippen molar-refractivity contribution in [2.45, 2.75) is 26.3 Å². The second kappa shape index (κ2) is 7.85. The molecule has 22 heavy (non-hydrogen) atoms. The summed E-state index contributed by atoms with van der Waals surface area (Å²) in [5, 5.41) is 3.57. The van der Waals surface area contributed by atoms with Crippen LogP contribution in [0.1, 0.15) is 31.0 Å². The fraction of sp³-hybridized carbons (Fsp3) is 0.278. The lowest BCUT2D eigenvalue weighted by molar-refractivity contribution is -0.123. The van der Waals surface area contributed by atoms with Crippen LogP contribution in [0.25, 0.3) is 0 Å². The summed E-state index contributed by atoms with van der Waals surface area (Å²) in [5.74, 6) is 0.474. The highest BCUT2D eigenvalue weighted by Gasteiger charge is 2.10. The molecule has 0 aliphatic carbocycles. The van der Waals surface area contributed by atoms with E-state index in [4.69, 9.17) is 16.3 Å². The topological polar surface area (TPSA) is 38.3 Å². The predicted molar refractivity (Wildman–Crippen MR) is 89.3 cm³/mol. The molecule has 4 heteroatoms. The summed E-state index contributed by atoms with van der Waals surface area (Å²) in [4.78, 5) is 11.9. The summed E-state index contributed by atoms with van der Waals surface area (Å²) in [7, 11) is 0. The Morgan fingerprint density at radius 3 is 2.36 bits per heavy atom. The SMILES string of the molecule is CCc1ccc([C@H](C)NC(=O)COc2ccc(Cl)cc2)cc1. The maximum atomic E-state index is 11.9. The van der Waals surface area contributed by atoms with Gasteiger partial charge in [-0.1, -0.05) is 42.8 Å². The summed E-state index contributed by atoms with van der Waals surface area (Å²) in [6, 6.07) is 15.1. The van der Waals surface area contributed by atoms with Crippen molar-refractivity contribution in [2.24, 2.45) is 0 Å². The van der Waals surface area contributed by atoms with Crippen LogP contribution in [0.5, 0.6) is 5.75 Å². The highest BCUT2D eigenvalue weighted by atomic mass is 35.5. The maximum Gasteiger partial charge on any atom is 0.258 e. The van der Waals surface area contributed by atoms with E-state index in [0.29, 0.717) is 10.8 Å². The highest BCUT2D eigenvalue weighted by Crippen LogP contribution is 2.16. The first-order valence-corrected chi connectivity index (χ1v) is 7.73. The largest absolute Gasteiger partial charge is 0.484 e. The first kappa shape index (κ1) is 16.4. The summed E-state index contributed by atoms with van der Waals surface area (Å²) in [5.41, 5.74) is 2.37. The lowest BCUT2D eigenvalue weighted by Crippen LogP contribution is -2.31. The second-order valence-corrected chi connectivity index (χ2v) is 5.56. The normalized spacial score (nSPS) is 11.8. The Morgan fingerprint density at radius 2 is 1.77 bits per heavy atom. The van der Waals surface area contributed by atoms with E-state index in [1.807, 2.05) is 19.1 Å². The Labute approximate surface area is 136 Å². The van der Waals surface area contributed by atoms with Crippen LogP contribution in [0, 0.1) is 0 Å². The van der Waals surface area contributed by atoms with Crippen molar-refractivity contribution >= 4 is 17.5 Å². The number of benzene rings is 2. The summed E-state index contributed by atoms with van der Waals surface area (Å²) in [6.07, 6.45) is 1.01. The zero-order valence-corrected chi connectivity index (χ0v) is 13.6. The van der Waals surface area contributed by atoms with Gasteiger partial charge in [-0.25, -0.2) is 0 Å². The van der Waals surface area contributed by atoms with Gasteiger partial charge in [0.15, 0.2) is 6.61 Å². The number of nitrogens with one attached hydrogen (secondary N) is 1. The molecule has 1 amide bonds. The van der Waals surface area contributed by atoms with Gasteiger partial charge >= 0.3 is 0 Å². The van der Waals surface area contributed by atoms with Gasteiger partial charge in [0.05, 0.1) is 6.04 Å². The number of amides is 1. The molecule has 0 radical (unpaired) electrons. The molecule has 0 saturated carbocycles. The Morgan fingerprint density at radius 1 is 1.14 bits per heavy atom. The molecule has 2 rings (SSSR count). The molecule has 0 fully saturated rings. The first-order valence-electron chi connectivity index (χ1n) is 7.35. The fourth-order valence-electron chi connectivity index (χ4n) is 2.09. The minimum atomic E-state index is -0.151. The molecular weight excluding hydrogens is 298 g/mol. The molecule has 3 nitrogen and oxygen atoms in total. The molecule has 116 valence electrons. The molecule has 0 saturated heterocycles. The van der Waals surface area contributed by atoms with Crippen LogP contribution in [0.3, 0.4) is 0 Å². The molecule has 1 N–H and O–H groups in total. The van der Waals surface area contributed by atoms with Gasteiger partial charge in [0.1, 0.15) is 5.75 Å². The zero-order valence-electron chi connectivity index (χ0n) is 12.8. The predicted octanol–water partition coefficient (Wildman–Crippen LogP) is 4.16. The lowest BCUT2D eigenvalue weighted by Gasteiger charge is -2.15. The van der Waals surface area contributed by atoms with Crippen molar-refractivity contribution in [3.63, 3.8) is 0 Å². The molecule has 0 aliphatic heterocycles. The van der Waals surface area contributed by atoms with Crippen molar-refractivity contribution in [3.05, 3.63) is 64.7 Å². The summed E-state index contributed by atoms with van der Waals surface area (Å²) < 4.78 is 5.43. The van der Waals surface area contributed by atoms with Crippen molar-refractivity contribution in [1.82, 2.24) is 5.32 Å². The molecule has 0 spiro atoms. The Kier molecular flexibility index (Phi) is 5.84. The van der Waals surface area contributed by atoms with E-state index in [1.54, 1.807) is 24.3 Å². The van der Waals surface area contributed by atoms with Gasteiger partial charge in [0, 0.05) is 5.02 Å². The number of ether oxygens (including phenoxy) is 1. The number of hydrogen-bond donors (Lipinski definition) is 1. The van der Waals surface area contributed by atoms with Gasteiger partial charge in [0.2, 0.25) is 0 Å². The van der Waals surface area contributed by atoms with Crippen LogP contribution in [-0.4, -0.2) is 12.5 Å². The van der Waals surface area contributed by atoms with Gasteiger partial charge < -0.3 is 10.1 Å². The van der Waals surface area contributed by atoms with E-state index in [1.165, 1.54) is 5.56 Å². The van der Waals surface area contributed by atoms with E-state index < -0.39 is 0 Å². The lowest BCUT2D eigenvalue weighted by atomic mass is 10.1. The fourth-order valence-corrected chi connectivity index (χ4v) is 2.21. The Hall–Kier alpha value is -2.00. The minimum Gasteiger partial charge on any atom is -0.484 e. The number of hydrogen-bond acceptors (Lipinski definition) is 2. The van der Waals surface area contributed by atoms with Gasteiger partial charge in [0.25, 0.3) is 5.91 Å². The average Bonchev–Trinajstić information content (AvgIpc) is 2.54. The van der Waals surface area contributed by atoms with Crippen molar-refractivity contribution in [2.75, 3.05) is 6.61 Å². The third-order valence-corrected chi connectivity index (χ3v) is 3.70. The van der Waals surface area contributed by atoms with Gasteiger partial charge in [-0.05, 0) is 48.7 Å². The highest BCUT2D eigenvalue weighted by molar-refractivity contribution is 6.30. The van der Waals surface area contributed by atoms with Crippen LogP contribution in [0.15, 0.2) is 48.5 Å². The number of aryl methyl sites for hydroxylation is 1. The molecule has 0 bridgehead atoms. The van der Waals surface area contributed by atoms with Crippen LogP contribution < -0.4 is 10.1 Å². The third kappa shape index (κ3) is 4.78. The van der Waals surface area contributed by atoms with E-state index in [0.717, 1.165) is 12.0 Å². The maximum absolute atomic E-state index is 11.9. The van der Waals surface area contributed by atoms with Crippen LogP contribution in [-0.2, 0) is 11.2 Å². The molecule has 2 aromatic rings. The third-order valence-electron chi connectivity index (χ3n) is 3.45. The minimum absolute atomic E-state index is 0.0149. The van der Waals surface area contributed by atoms with Crippen molar-refractivity contribution in [3.8, 4) is 5.75 Å². The van der Waals surface area contributed by atoms with Crippen molar-refractivity contribution < 1.29 is 9.53 Å². The van der Waals surface area contributed by atoms with Gasteiger partial charge in [-0.2, -0.15) is 0 Å². The molecule has 2 aromatic carbocycles. The number of halogens is 1. The zero-order chi connectivity index (χ0) is 15.9. The molecule has 0 aromatic heterocycles. The molecule has 0 aliphatic rings. The van der Waals surface area contributed by atoms with Crippen LogP contribution in [0.4, 0.5) is 0 Å². The summed E-state index contributed by atoms with van der Waals surface area (Å²) >= 11 is 5.80. The van der Waals surface area contributed by atoms with E-state index in [2.05, 4.69) is 24.4 Å². The number of carbonyl (C=O) groups excluding carboxylic acids is 1. The van der Waals surface area contributed by atoms with Crippen molar-refractivity contribution in [1.29, 1.82) is 0 Å². The second-order valence-electron chi connectivity index (χ2n) is 5.13. The molecule has 1 atom stereocenters. The van der Waals surface area contributed by atoms with E-state index in [-0.39, 0.29) is 18.6 Å². The standard InChI is InChI=1S/C18H20ClNO2/c1-3-14-4-6-15(7-5-14)13(2)20-18(21)12-22-17-10-8-16(19)9-11-17/h4-11,13H,3,12H2,1-2H3,(H,20,21)/t13-/m0/s1. The smallest absolute Gasteiger partial charge is 0.258 e. The van der Waals surface area contributed by atoms with Gasteiger partial charge in [-0.3, -0.25) is 4.79 Å². The Balaban J connectivity index is 1.83. The molecular formula is C18H20ClNO2. The quantitative estimate of drug-likeness (QED) is 0.868. The molecule has 0 unspecified atom stereocenters.